The molecule has 0 aliphatic carbocycles. The number of amides is 2. The van der Waals surface area contributed by atoms with Crippen molar-refractivity contribution in [3.8, 4) is 0 Å². The Morgan fingerprint density at radius 2 is 2.00 bits per heavy atom. The molecule has 1 unspecified atom stereocenters. The lowest BCUT2D eigenvalue weighted by Crippen LogP contribution is -2.37. The van der Waals surface area contributed by atoms with E-state index in [-0.39, 0.29) is 18.4 Å². The maximum atomic E-state index is 11.6. The van der Waals surface area contributed by atoms with Crippen LogP contribution in [0.5, 0.6) is 0 Å². The van der Waals surface area contributed by atoms with Gasteiger partial charge in [-0.1, -0.05) is 23.2 Å². The molecule has 0 saturated heterocycles. The maximum Gasteiger partial charge on any atom is 0.319 e. The summed E-state index contributed by atoms with van der Waals surface area (Å²) in [6.07, 6.45) is 0.102. The number of hydrogen-bond donors (Lipinski definition) is 2. The molecule has 2 amide bonds. The number of ether oxygens (including phenoxy) is 1. The van der Waals surface area contributed by atoms with Crippen molar-refractivity contribution < 1.29 is 14.3 Å². The third-order valence-corrected chi connectivity index (χ3v) is 2.99. The van der Waals surface area contributed by atoms with Crippen LogP contribution in [0.4, 0.5) is 10.5 Å². The fourth-order valence-electron chi connectivity index (χ4n) is 1.35. The van der Waals surface area contributed by atoms with E-state index < -0.39 is 6.03 Å². The summed E-state index contributed by atoms with van der Waals surface area (Å²) in [6.45, 7) is 1.70. The van der Waals surface area contributed by atoms with Crippen molar-refractivity contribution >= 4 is 40.9 Å². The number of hydrogen-bond acceptors (Lipinski definition) is 3. The van der Waals surface area contributed by atoms with Crippen LogP contribution >= 0.6 is 23.2 Å². The fourth-order valence-corrected chi connectivity index (χ4v) is 1.65. The number of carbonyl (C=O) groups is 2. The van der Waals surface area contributed by atoms with Gasteiger partial charge in [0.2, 0.25) is 0 Å². The summed E-state index contributed by atoms with van der Waals surface area (Å²) in [5, 5.41) is 5.95. The van der Waals surface area contributed by atoms with Crippen LogP contribution in [-0.4, -0.2) is 25.2 Å². The molecule has 5 nitrogen and oxygen atoms in total. The van der Waals surface area contributed by atoms with Gasteiger partial charge < -0.3 is 15.4 Å². The summed E-state index contributed by atoms with van der Waals surface area (Å²) in [5.74, 6) is -0.387. The molecule has 0 bridgehead atoms. The van der Waals surface area contributed by atoms with Crippen molar-refractivity contribution in [1.82, 2.24) is 5.32 Å². The smallest absolute Gasteiger partial charge is 0.319 e. The molecule has 0 aliphatic heterocycles. The van der Waals surface area contributed by atoms with Crippen LogP contribution in [0.1, 0.15) is 13.3 Å². The first-order chi connectivity index (χ1) is 8.92. The van der Waals surface area contributed by atoms with Crippen LogP contribution in [0, 0.1) is 0 Å². The third-order valence-electron chi connectivity index (χ3n) is 2.26. The summed E-state index contributed by atoms with van der Waals surface area (Å²) in [7, 11) is 1.30. The molecule has 104 valence electrons. The number of carbonyl (C=O) groups excluding carboxylic acids is 2. The van der Waals surface area contributed by atoms with Gasteiger partial charge in [-0.05, 0) is 25.1 Å². The molecular formula is C12H14Cl2N2O3. The van der Waals surface area contributed by atoms with Gasteiger partial charge >= 0.3 is 12.0 Å². The van der Waals surface area contributed by atoms with Crippen LogP contribution in [0.25, 0.3) is 0 Å². The summed E-state index contributed by atoms with van der Waals surface area (Å²) < 4.78 is 4.51. The van der Waals surface area contributed by atoms with E-state index in [1.54, 1.807) is 19.1 Å². The molecule has 0 saturated carbocycles. The van der Waals surface area contributed by atoms with Crippen LogP contribution < -0.4 is 10.6 Å². The predicted molar refractivity (Wildman–Crippen MR) is 74.7 cm³/mol. The molecule has 0 heterocycles. The molecule has 1 aromatic rings. The topological polar surface area (TPSA) is 67.4 Å². The van der Waals surface area contributed by atoms with Gasteiger partial charge in [-0.25, -0.2) is 4.79 Å². The van der Waals surface area contributed by atoms with Crippen LogP contribution in [0.3, 0.4) is 0 Å². The van der Waals surface area contributed by atoms with Crippen LogP contribution in [0.15, 0.2) is 18.2 Å². The van der Waals surface area contributed by atoms with Crippen molar-refractivity contribution in [1.29, 1.82) is 0 Å². The lowest BCUT2D eigenvalue weighted by Gasteiger charge is -2.13. The van der Waals surface area contributed by atoms with Gasteiger partial charge in [0.25, 0.3) is 0 Å². The summed E-state index contributed by atoms with van der Waals surface area (Å²) in [6, 6.07) is 3.97. The molecule has 2 N–H and O–H groups in total. The van der Waals surface area contributed by atoms with Gasteiger partial charge in [-0.3, -0.25) is 4.79 Å². The molecule has 7 heteroatoms. The van der Waals surface area contributed by atoms with E-state index in [0.29, 0.717) is 15.7 Å². The van der Waals surface area contributed by atoms with Gasteiger partial charge in [0.05, 0.1) is 23.6 Å². The highest BCUT2D eigenvalue weighted by Crippen LogP contribution is 2.24. The average Bonchev–Trinajstić information content (AvgIpc) is 2.33. The van der Waals surface area contributed by atoms with Crippen LogP contribution in [-0.2, 0) is 9.53 Å². The Kier molecular flexibility index (Phi) is 5.92. The standard InChI is InChI=1S/C12H14Cl2N2O3/c1-7(5-11(17)19-2)15-12(18)16-8-3-4-9(13)10(14)6-8/h3-4,6-7H,5H2,1-2H3,(H2,15,16,18). The zero-order valence-corrected chi connectivity index (χ0v) is 12.0. The Balaban J connectivity index is 2.50. The Bertz CT molecular complexity index is 480. The van der Waals surface area contributed by atoms with Crippen molar-refractivity contribution in [3.05, 3.63) is 28.2 Å². The zero-order chi connectivity index (χ0) is 14.4. The van der Waals surface area contributed by atoms with Gasteiger partial charge in [-0.2, -0.15) is 0 Å². The van der Waals surface area contributed by atoms with E-state index in [2.05, 4.69) is 15.4 Å². The molecule has 0 fully saturated rings. The third kappa shape index (κ3) is 5.36. The first-order valence-electron chi connectivity index (χ1n) is 5.51. The molecule has 0 radical (unpaired) electrons. The lowest BCUT2D eigenvalue weighted by molar-refractivity contribution is -0.141. The highest BCUT2D eigenvalue weighted by molar-refractivity contribution is 6.42. The quantitative estimate of drug-likeness (QED) is 0.840. The highest BCUT2D eigenvalue weighted by Gasteiger charge is 2.12. The largest absolute Gasteiger partial charge is 0.469 e. The number of halogens is 2. The molecule has 1 atom stereocenters. The molecule has 0 spiro atoms. The van der Waals surface area contributed by atoms with E-state index >= 15 is 0 Å². The van der Waals surface area contributed by atoms with Gasteiger partial charge in [0, 0.05) is 11.7 Å². The number of urea groups is 1. The van der Waals surface area contributed by atoms with Crippen molar-refractivity contribution in [2.75, 3.05) is 12.4 Å². The number of benzene rings is 1. The maximum absolute atomic E-state index is 11.6. The second kappa shape index (κ2) is 7.21. The Hall–Kier alpha value is -1.46. The second-order valence-corrected chi connectivity index (χ2v) is 4.72. The minimum absolute atomic E-state index is 0.102. The average molecular weight is 305 g/mol. The van der Waals surface area contributed by atoms with Gasteiger partial charge in [0.1, 0.15) is 0 Å². The van der Waals surface area contributed by atoms with Crippen molar-refractivity contribution in [2.45, 2.75) is 19.4 Å². The van der Waals surface area contributed by atoms with E-state index in [1.807, 2.05) is 0 Å². The first-order valence-corrected chi connectivity index (χ1v) is 6.27. The molecule has 0 aliphatic rings. The predicted octanol–water partition coefficient (Wildman–Crippen LogP) is 3.07. The molecular weight excluding hydrogens is 291 g/mol. The number of methoxy groups -OCH3 is 1. The minimum Gasteiger partial charge on any atom is -0.469 e. The Labute approximate surface area is 121 Å². The molecule has 19 heavy (non-hydrogen) atoms. The first kappa shape index (κ1) is 15.6. The van der Waals surface area contributed by atoms with Gasteiger partial charge in [-0.15, -0.1) is 0 Å². The Morgan fingerprint density at radius 1 is 1.32 bits per heavy atom. The minimum atomic E-state index is -0.435. The van der Waals surface area contributed by atoms with E-state index in [4.69, 9.17) is 23.2 Å². The SMILES string of the molecule is COC(=O)CC(C)NC(=O)Nc1ccc(Cl)c(Cl)c1. The number of esters is 1. The van der Waals surface area contributed by atoms with Gasteiger partial charge in [0.15, 0.2) is 0 Å². The summed E-state index contributed by atoms with van der Waals surface area (Å²) in [4.78, 5) is 22.7. The molecule has 0 aromatic heterocycles. The van der Waals surface area contributed by atoms with Crippen molar-refractivity contribution in [3.63, 3.8) is 0 Å². The second-order valence-electron chi connectivity index (χ2n) is 3.91. The highest BCUT2D eigenvalue weighted by atomic mass is 35.5. The zero-order valence-electron chi connectivity index (χ0n) is 10.5. The monoisotopic (exact) mass is 304 g/mol. The lowest BCUT2D eigenvalue weighted by atomic mass is 10.2. The molecule has 1 aromatic carbocycles. The van der Waals surface area contributed by atoms with E-state index in [9.17, 15) is 9.59 Å². The fraction of sp³-hybridized carbons (Fsp3) is 0.333. The number of rotatable bonds is 4. The molecule has 1 rings (SSSR count). The number of anilines is 1. The van der Waals surface area contributed by atoms with E-state index in [0.717, 1.165) is 0 Å². The number of nitrogens with one attached hydrogen (secondary N) is 2. The van der Waals surface area contributed by atoms with Crippen LogP contribution in [0.2, 0.25) is 10.0 Å². The summed E-state index contributed by atoms with van der Waals surface area (Å²) in [5.41, 5.74) is 0.511. The normalized spacial score (nSPS) is 11.6. The van der Waals surface area contributed by atoms with E-state index in [1.165, 1.54) is 13.2 Å². The van der Waals surface area contributed by atoms with Crippen molar-refractivity contribution in [2.24, 2.45) is 0 Å². The Morgan fingerprint density at radius 3 is 2.58 bits per heavy atom. The summed E-state index contributed by atoms with van der Waals surface area (Å²) >= 11 is 11.6.